The van der Waals surface area contributed by atoms with E-state index in [1.807, 2.05) is 84.6 Å². The first kappa shape index (κ1) is 59.8. The summed E-state index contributed by atoms with van der Waals surface area (Å²) < 4.78 is 25.8. The number of rotatable bonds is 6. The molecule has 8 aromatic heterocycles. The minimum Gasteiger partial charge on any atom is -0.496 e. The number of nitrogen functional groups attached to an aromatic ring is 1. The number of hydrogen-bond acceptors (Lipinski definition) is 15. The van der Waals surface area contributed by atoms with Crippen LogP contribution in [0.4, 0.5) is 5.82 Å². The number of nitrogens with one attached hydrogen (secondary N) is 2. The van der Waals surface area contributed by atoms with Gasteiger partial charge in [0.2, 0.25) is 0 Å². The lowest BCUT2D eigenvalue weighted by Crippen LogP contribution is -1.98. The summed E-state index contributed by atoms with van der Waals surface area (Å²) in [6, 6.07) is 8.06. The van der Waals surface area contributed by atoms with Gasteiger partial charge in [-0.15, -0.1) is 0 Å². The van der Waals surface area contributed by atoms with E-state index in [1.54, 1.807) is 118 Å². The number of hydrogen-bond donors (Lipinski definition) is 3. The van der Waals surface area contributed by atoms with Gasteiger partial charge < -0.3 is 43.4 Å². The molecule has 17 nitrogen and oxygen atoms in total. The molecule has 0 saturated carbocycles. The topological polar surface area (TPSA) is 215 Å². The fraction of sp³-hybridized carbons (Fsp3) is 0.273. The van der Waals surface area contributed by atoms with Gasteiger partial charge >= 0.3 is 0 Å². The number of nitrogens with zero attached hydrogens (tertiary/aromatic N) is 10. The molecule has 0 unspecified atom stereocenters. The number of anilines is 1. The number of imidazole rings is 2. The van der Waals surface area contributed by atoms with Crippen LogP contribution in [0, 0.1) is 41.5 Å². The van der Waals surface area contributed by atoms with Gasteiger partial charge in [-0.2, -0.15) is 0 Å². The van der Waals surface area contributed by atoms with Gasteiger partial charge in [0.25, 0.3) is 0 Å². The third-order valence-corrected chi connectivity index (χ3v) is 33.0. The predicted molar refractivity (Wildman–Crippen MR) is 336 cm³/mol. The van der Waals surface area contributed by atoms with Crippen LogP contribution in [-0.2, 0) is 141 Å². The molecule has 0 bridgehead atoms. The van der Waals surface area contributed by atoms with Crippen LogP contribution in [0.1, 0.15) is 53.4 Å². The Labute approximate surface area is 477 Å². The average molecular weight is 1280 g/mol. The lowest BCUT2D eigenvalue weighted by molar-refractivity contribution is 0.393. The van der Waals surface area contributed by atoms with E-state index in [2.05, 4.69) is 51.3 Å². The summed E-state index contributed by atoms with van der Waals surface area (Å²) in [7, 11) is 25.2. The molecule has 0 aliphatic rings. The lowest BCUT2D eigenvalue weighted by Gasteiger charge is -2.09. The molecule has 10 rings (SSSR count). The van der Waals surface area contributed by atoms with Crippen molar-refractivity contribution in [1.82, 2.24) is 59.3 Å². The normalized spacial score (nSPS) is 10.4. The SMILES string of the molecule is C.COc1cc2c(cc1-c1c(C)noc1C)[nH]c1nc(C)nc(Cc3cn(C)cn3)c12.COc1cc2c(cc1-c1c(C)noc1C)[nH]c1nc(C)nc(Cl)c12.Cn1cnc(N)c1.S=S=S=S=S=S=S=S=S=S=S=S=S. The van der Waals surface area contributed by atoms with Crippen molar-refractivity contribution < 1.29 is 18.5 Å². The molecule has 31 heteroatoms. The van der Waals surface area contributed by atoms with Crippen molar-refractivity contribution in [2.24, 2.45) is 14.1 Å². The maximum absolute atomic E-state index is 6.33. The minimum absolute atomic E-state index is 0. The van der Waals surface area contributed by atoms with Gasteiger partial charge in [0, 0.05) is 191 Å². The standard InChI is InChI=1S/C22H22N6O2.C17H15ClN4O2.C4H7N3.CH4.S13/c1-11-20(12(2)30-27-11)16-7-17-15(8-19(16)29-5)21-18(6-14-9-28(4)10-23-14)24-13(3)25-22(21)26-17;1-7-14(8(2)24-22-7)11-5-12-10(6-13(11)23-4)15-16(18)19-9(3)20-17(15)21-12;1-7-2-4(5)6-3-7;;1-3-5-7-9-11-13-12-10-8-6-4-2/h7-10H,6H2,1-5H3,(H,24,25,26);5-6H,1-4H3,(H,19,20,21);2-3H,5H2,1H3;1H4;. The summed E-state index contributed by atoms with van der Waals surface area (Å²) in [4.78, 5) is 33.0. The van der Waals surface area contributed by atoms with Crippen LogP contribution in [0.15, 0.2) is 58.4 Å². The van der Waals surface area contributed by atoms with Gasteiger partial charge in [-0.05, 0) is 65.8 Å². The first-order valence-corrected chi connectivity index (χ1v) is 37.6. The summed E-state index contributed by atoms with van der Waals surface area (Å²) in [6.45, 7) is 11.3. The van der Waals surface area contributed by atoms with Crippen LogP contribution in [0.25, 0.3) is 66.1 Å². The second kappa shape index (κ2) is 28.3. The van der Waals surface area contributed by atoms with E-state index in [4.69, 9.17) is 63.2 Å². The molecule has 10 aromatic rings. The Hall–Kier alpha value is -4.41. The predicted octanol–water partition coefficient (Wildman–Crippen LogP) is 8.98. The quantitative estimate of drug-likeness (QED) is 0.133. The highest BCUT2D eigenvalue weighted by atomic mass is 35.5. The Bertz CT molecular complexity index is 4140. The van der Waals surface area contributed by atoms with E-state index in [0.717, 1.165) is 112 Å². The average Bonchev–Trinajstić information content (AvgIpc) is 4.24. The largest absolute Gasteiger partial charge is 0.496 e. The Balaban J connectivity index is 0.000000181. The fourth-order valence-electron chi connectivity index (χ4n) is 7.76. The molecule has 398 valence electrons. The van der Waals surface area contributed by atoms with Crippen LogP contribution < -0.4 is 15.2 Å². The maximum Gasteiger partial charge on any atom is 0.143 e. The monoisotopic (exact) mass is 1270 g/mol. The third-order valence-electron chi connectivity index (χ3n) is 10.5. The van der Waals surface area contributed by atoms with Gasteiger partial charge in [0.15, 0.2) is 0 Å². The number of aromatic amines is 2. The summed E-state index contributed by atoms with van der Waals surface area (Å²) in [5, 5.41) is 12.3. The zero-order chi connectivity index (χ0) is 53.1. The molecular weight excluding hydrogens is 1230 g/mol. The molecule has 4 N–H and O–H groups in total. The fourth-order valence-corrected chi connectivity index (χ4v) is 32.8. The summed E-state index contributed by atoms with van der Waals surface area (Å²) in [6.07, 6.45) is 7.85. The molecular formula is C44H48ClN13O4S13. The molecule has 2 aromatic carbocycles. The van der Waals surface area contributed by atoms with Crippen molar-refractivity contribution in [3.8, 4) is 33.8 Å². The Kier molecular flexibility index (Phi) is 22.6. The van der Waals surface area contributed by atoms with Crippen molar-refractivity contribution in [3.63, 3.8) is 0 Å². The van der Waals surface area contributed by atoms with E-state index >= 15 is 0 Å². The highest BCUT2D eigenvalue weighted by Gasteiger charge is 2.22. The number of aryl methyl sites for hydroxylation is 8. The van der Waals surface area contributed by atoms with Gasteiger partial charge in [0.05, 0.1) is 66.2 Å². The highest BCUT2D eigenvalue weighted by Crippen LogP contribution is 2.42. The van der Waals surface area contributed by atoms with Crippen LogP contribution in [0.3, 0.4) is 0 Å². The van der Waals surface area contributed by atoms with Gasteiger partial charge in [0.1, 0.15) is 56.9 Å². The Morgan fingerprint density at radius 1 is 0.627 bits per heavy atom. The summed E-state index contributed by atoms with van der Waals surface area (Å²) >= 11 is 15.7. The molecule has 0 aliphatic carbocycles. The van der Waals surface area contributed by atoms with E-state index in [9.17, 15) is 0 Å². The van der Waals surface area contributed by atoms with Crippen LogP contribution in [0.2, 0.25) is 5.15 Å². The number of halogens is 1. The zero-order valence-corrected chi connectivity index (χ0v) is 52.1. The maximum atomic E-state index is 6.33. The number of methoxy groups -OCH3 is 2. The zero-order valence-electron chi connectivity index (χ0n) is 40.7. The van der Waals surface area contributed by atoms with E-state index < -0.39 is 0 Å². The Morgan fingerprint density at radius 3 is 1.48 bits per heavy atom. The number of nitrogens with two attached hydrogens (primary N) is 1. The summed E-state index contributed by atoms with van der Waals surface area (Å²) in [5.41, 5.74) is 15.9. The van der Waals surface area contributed by atoms with Gasteiger partial charge in [-0.1, -0.05) is 29.3 Å². The molecule has 0 aliphatic heterocycles. The molecule has 0 amide bonds. The number of benzene rings is 2. The van der Waals surface area contributed by atoms with Crippen molar-refractivity contribution in [2.75, 3.05) is 20.0 Å². The first-order valence-electron chi connectivity index (χ1n) is 21.2. The molecule has 0 fully saturated rings. The summed E-state index contributed by atoms with van der Waals surface area (Å²) in [5.74, 6) is 4.89. The lowest BCUT2D eigenvalue weighted by atomic mass is 10.00. The van der Waals surface area contributed by atoms with Crippen molar-refractivity contribution >= 4 is 181 Å². The second-order valence-electron chi connectivity index (χ2n) is 15.5. The number of fused-ring (bicyclic) bond motifs is 6. The smallest absolute Gasteiger partial charge is 0.143 e. The molecule has 0 radical (unpaired) electrons. The number of H-pyrrole nitrogens is 2. The van der Waals surface area contributed by atoms with E-state index in [-0.39, 0.29) is 7.43 Å². The number of aromatic nitrogens is 12. The number of ether oxygens (including phenoxy) is 2. The van der Waals surface area contributed by atoms with Crippen LogP contribution in [0.5, 0.6) is 11.5 Å². The molecule has 0 atom stereocenters. The van der Waals surface area contributed by atoms with Crippen molar-refractivity contribution in [1.29, 1.82) is 0 Å². The van der Waals surface area contributed by atoms with Crippen molar-refractivity contribution in [3.05, 3.63) is 100 Å². The Morgan fingerprint density at radius 2 is 1.08 bits per heavy atom. The molecule has 8 heterocycles. The van der Waals surface area contributed by atoms with Crippen molar-refractivity contribution in [2.45, 2.75) is 55.4 Å². The minimum atomic E-state index is 0. The van der Waals surface area contributed by atoms with Crippen LogP contribution in [-0.4, -0.2) is 73.5 Å². The van der Waals surface area contributed by atoms with E-state index in [0.29, 0.717) is 28.9 Å². The third kappa shape index (κ3) is 15.0. The van der Waals surface area contributed by atoms with Gasteiger partial charge in [-0.25, -0.2) is 29.9 Å². The highest BCUT2D eigenvalue weighted by molar-refractivity contribution is 8.75. The molecule has 0 saturated heterocycles. The second-order valence-corrected chi connectivity index (χ2v) is 35.3. The molecule has 0 spiro atoms. The molecule has 75 heavy (non-hydrogen) atoms. The van der Waals surface area contributed by atoms with Crippen LogP contribution >= 0.6 is 11.6 Å². The van der Waals surface area contributed by atoms with E-state index in [1.165, 1.54) is 17.8 Å². The first-order chi connectivity index (χ1) is 35.6. The van der Waals surface area contributed by atoms with Gasteiger partial charge in [-0.3, -0.25) is 0 Å².